The average molecular weight is 536 g/mol. The largest absolute Gasteiger partial charge is 0.495 e. The van der Waals surface area contributed by atoms with Crippen LogP contribution in [0.2, 0.25) is 0 Å². The molecule has 4 heterocycles. The molecule has 2 aromatic heterocycles. The van der Waals surface area contributed by atoms with E-state index in [0.29, 0.717) is 39.3 Å². The highest BCUT2D eigenvalue weighted by Crippen LogP contribution is 2.35. The highest BCUT2D eigenvalue weighted by molar-refractivity contribution is 8.26. The van der Waals surface area contributed by atoms with Gasteiger partial charge in [-0.1, -0.05) is 42.2 Å². The lowest BCUT2D eigenvalue weighted by atomic mass is 10.2. The zero-order chi connectivity index (χ0) is 26.3. The number of aryl methyl sites for hydroxylation is 1. The lowest BCUT2D eigenvalue weighted by Crippen LogP contribution is -2.47. The van der Waals surface area contributed by atoms with Crippen LogP contribution in [0.5, 0.6) is 5.75 Å². The number of hydrogen-bond donors (Lipinski definition) is 0. The van der Waals surface area contributed by atoms with E-state index in [2.05, 4.69) is 15.9 Å². The number of thiocarbonyl (C=S) groups is 1. The molecule has 0 radical (unpaired) electrons. The summed E-state index contributed by atoms with van der Waals surface area (Å²) in [4.78, 5) is 38.2. The number of piperazine rings is 1. The van der Waals surface area contributed by atoms with Gasteiger partial charge in [0.2, 0.25) is 0 Å². The van der Waals surface area contributed by atoms with Crippen LogP contribution < -0.4 is 20.1 Å². The minimum Gasteiger partial charge on any atom is -0.495 e. The predicted molar refractivity (Wildman–Crippen MR) is 154 cm³/mol. The number of pyridine rings is 1. The minimum absolute atomic E-state index is 0.0561. The number of carbonyl (C=O) groups is 1. The van der Waals surface area contributed by atoms with E-state index in [1.165, 1.54) is 11.8 Å². The van der Waals surface area contributed by atoms with E-state index in [1.54, 1.807) is 28.7 Å². The fourth-order valence-electron chi connectivity index (χ4n) is 4.72. The summed E-state index contributed by atoms with van der Waals surface area (Å²) >= 11 is 6.69. The number of thioether (sulfide) groups is 1. The maximum absolute atomic E-state index is 13.8. The third-order valence-electron chi connectivity index (χ3n) is 6.61. The number of nitrogens with zero attached hydrogens (tertiary/aromatic N) is 5. The zero-order valence-corrected chi connectivity index (χ0v) is 22.9. The molecule has 2 aliphatic heterocycles. The van der Waals surface area contributed by atoms with Crippen molar-refractivity contribution >= 4 is 57.4 Å². The van der Waals surface area contributed by atoms with Crippen LogP contribution in [0, 0.1) is 6.92 Å². The molecule has 2 saturated heterocycles. The minimum atomic E-state index is -0.203. The summed E-state index contributed by atoms with van der Waals surface area (Å²) in [5, 5.41) is 0. The van der Waals surface area contributed by atoms with Gasteiger partial charge in [-0.15, -0.1) is 0 Å². The van der Waals surface area contributed by atoms with Crippen molar-refractivity contribution in [3.05, 3.63) is 69.0 Å². The number of carbonyl (C=O) groups excluding carboxylic acids is 1. The van der Waals surface area contributed by atoms with Crippen LogP contribution in [0.3, 0.4) is 0 Å². The monoisotopic (exact) mass is 535 g/mol. The Morgan fingerprint density at radius 1 is 1.05 bits per heavy atom. The maximum atomic E-state index is 13.8. The molecule has 0 aliphatic carbocycles. The second kappa shape index (κ2) is 10.2. The smallest absolute Gasteiger partial charge is 0.267 e. The first-order valence-electron chi connectivity index (χ1n) is 12.2. The Hall–Kier alpha value is -3.37. The summed E-state index contributed by atoms with van der Waals surface area (Å²) in [7, 11) is 1.68. The fraction of sp³-hybridized carbons (Fsp3) is 0.333. The van der Waals surface area contributed by atoms with Crippen molar-refractivity contribution < 1.29 is 9.53 Å². The fourth-order valence-corrected chi connectivity index (χ4v) is 6.23. The number of rotatable bonds is 5. The summed E-state index contributed by atoms with van der Waals surface area (Å²) in [6.45, 7) is 8.60. The third kappa shape index (κ3) is 4.71. The van der Waals surface area contributed by atoms with Gasteiger partial charge in [0.25, 0.3) is 11.5 Å². The van der Waals surface area contributed by atoms with E-state index in [9.17, 15) is 9.59 Å². The van der Waals surface area contributed by atoms with Crippen molar-refractivity contribution in [1.29, 1.82) is 0 Å². The Labute approximate surface area is 225 Å². The molecule has 37 heavy (non-hydrogen) atoms. The van der Waals surface area contributed by atoms with E-state index in [1.807, 2.05) is 51.1 Å². The van der Waals surface area contributed by atoms with Crippen molar-refractivity contribution in [3.8, 4) is 5.75 Å². The molecule has 0 saturated carbocycles. The highest BCUT2D eigenvalue weighted by Gasteiger charge is 2.34. The Kier molecular flexibility index (Phi) is 6.96. The number of ether oxygens (including phenoxy) is 1. The van der Waals surface area contributed by atoms with Gasteiger partial charge in [-0.05, 0) is 50.6 Å². The molecule has 0 unspecified atom stereocenters. The van der Waals surface area contributed by atoms with Crippen LogP contribution in [-0.2, 0) is 4.79 Å². The predicted octanol–water partition coefficient (Wildman–Crippen LogP) is 3.95. The number of benzene rings is 1. The van der Waals surface area contributed by atoms with Crippen LogP contribution >= 0.6 is 24.0 Å². The van der Waals surface area contributed by atoms with E-state index in [0.717, 1.165) is 30.1 Å². The summed E-state index contributed by atoms with van der Waals surface area (Å²) < 4.78 is 7.61. The molecule has 0 N–H and O–H groups in total. The van der Waals surface area contributed by atoms with Crippen molar-refractivity contribution in [2.24, 2.45) is 0 Å². The molecule has 0 atom stereocenters. The lowest BCUT2D eigenvalue weighted by Gasteiger charge is -2.37. The Balaban J connectivity index is 1.54. The molecule has 5 rings (SSSR count). The van der Waals surface area contributed by atoms with Crippen LogP contribution in [-0.4, -0.2) is 63.8 Å². The maximum Gasteiger partial charge on any atom is 0.267 e. The molecule has 10 heteroatoms. The van der Waals surface area contributed by atoms with Crippen LogP contribution in [0.25, 0.3) is 11.7 Å². The van der Waals surface area contributed by atoms with Crippen LogP contribution in [0.1, 0.15) is 25.0 Å². The van der Waals surface area contributed by atoms with Crippen molar-refractivity contribution in [2.75, 3.05) is 43.1 Å². The lowest BCUT2D eigenvalue weighted by molar-refractivity contribution is -0.123. The van der Waals surface area contributed by atoms with Crippen molar-refractivity contribution in [3.63, 3.8) is 0 Å². The van der Waals surface area contributed by atoms with Crippen LogP contribution in [0.15, 0.2) is 52.3 Å². The molecule has 0 spiro atoms. The molecule has 1 amide bonds. The first-order valence-corrected chi connectivity index (χ1v) is 13.4. The van der Waals surface area contributed by atoms with E-state index in [-0.39, 0.29) is 17.5 Å². The van der Waals surface area contributed by atoms with Gasteiger partial charge in [0, 0.05) is 38.4 Å². The number of amides is 1. The third-order valence-corrected chi connectivity index (χ3v) is 7.94. The standard InChI is InChI=1S/C27H29N5O3S2/c1-17(2)32-26(34)22(37-27(32)36)15-19-24(28-23-10-9-18(3)16-31(23)25(19)33)30-13-11-29(12-14-30)20-7-5-6-8-21(20)35-4/h5-10,15-17H,11-14H2,1-4H3. The van der Waals surface area contributed by atoms with Gasteiger partial charge in [0.1, 0.15) is 21.5 Å². The Morgan fingerprint density at radius 3 is 2.43 bits per heavy atom. The summed E-state index contributed by atoms with van der Waals surface area (Å²) in [6.07, 6.45) is 3.46. The molecule has 8 nitrogen and oxygen atoms in total. The van der Waals surface area contributed by atoms with Gasteiger partial charge in [0.05, 0.1) is 23.3 Å². The molecule has 1 aromatic carbocycles. The quantitative estimate of drug-likeness (QED) is 0.359. The zero-order valence-electron chi connectivity index (χ0n) is 21.3. The summed E-state index contributed by atoms with van der Waals surface area (Å²) in [6, 6.07) is 11.7. The summed E-state index contributed by atoms with van der Waals surface area (Å²) in [5.74, 6) is 1.25. The van der Waals surface area contributed by atoms with Crippen molar-refractivity contribution in [1.82, 2.24) is 14.3 Å². The molecular weight excluding hydrogens is 506 g/mol. The second-order valence-corrected chi connectivity index (χ2v) is 11.1. The van der Waals surface area contributed by atoms with Crippen LogP contribution in [0.4, 0.5) is 11.5 Å². The summed E-state index contributed by atoms with van der Waals surface area (Å²) in [5.41, 5.74) is 2.77. The number of anilines is 2. The molecule has 3 aromatic rings. The number of aromatic nitrogens is 2. The highest BCUT2D eigenvalue weighted by atomic mass is 32.2. The van der Waals surface area contributed by atoms with Crippen molar-refractivity contribution in [2.45, 2.75) is 26.8 Å². The Bertz CT molecular complexity index is 1470. The van der Waals surface area contributed by atoms with E-state index >= 15 is 0 Å². The molecule has 192 valence electrons. The van der Waals surface area contributed by atoms with E-state index in [4.69, 9.17) is 21.9 Å². The van der Waals surface area contributed by atoms with Gasteiger partial charge in [-0.3, -0.25) is 18.9 Å². The van der Waals surface area contributed by atoms with Gasteiger partial charge >= 0.3 is 0 Å². The van der Waals surface area contributed by atoms with E-state index < -0.39 is 0 Å². The molecule has 0 bridgehead atoms. The molecule has 2 aliphatic rings. The number of methoxy groups -OCH3 is 1. The average Bonchev–Trinajstić information content (AvgIpc) is 3.18. The first-order chi connectivity index (χ1) is 17.8. The van der Waals surface area contributed by atoms with Gasteiger partial charge < -0.3 is 14.5 Å². The number of fused-ring (bicyclic) bond motifs is 1. The Morgan fingerprint density at radius 2 is 1.76 bits per heavy atom. The van der Waals surface area contributed by atoms with Gasteiger partial charge in [0.15, 0.2) is 0 Å². The topological polar surface area (TPSA) is 70.4 Å². The second-order valence-electron chi connectivity index (χ2n) is 9.38. The normalized spacial score (nSPS) is 17.5. The first kappa shape index (κ1) is 25.3. The number of para-hydroxylation sites is 2. The van der Waals surface area contributed by atoms with Gasteiger partial charge in [-0.2, -0.15) is 0 Å². The number of hydrogen-bond acceptors (Lipinski definition) is 8. The molecular formula is C27H29N5O3S2. The molecule has 2 fully saturated rings. The SMILES string of the molecule is COc1ccccc1N1CCN(c2nc3ccc(C)cn3c(=O)c2C=C2SC(=S)N(C(C)C)C2=O)CC1. The van der Waals surface area contributed by atoms with Gasteiger partial charge in [-0.25, -0.2) is 4.98 Å².